The van der Waals surface area contributed by atoms with E-state index in [0.29, 0.717) is 19.3 Å². The predicted molar refractivity (Wildman–Crippen MR) is 159 cm³/mol. The molecule has 0 bridgehead atoms. The molecule has 2 aliphatic heterocycles. The molecule has 0 unspecified atom stereocenters. The summed E-state index contributed by atoms with van der Waals surface area (Å²) in [6, 6.07) is 19.2. The SMILES string of the molecule is Cc1ccccc1CN(CCOc1ccc2c(c1)C=CCN2C)CCN1CCC(OCc2cccnc2)CC1. The van der Waals surface area contributed by atoms with Crippen molar-refractivity contribution in [3.8, 4) is 5.75 Å². The Balaban J connectivity index is 1.11. The fraction of sp³-hybridized carbons (Fsp3) is 0.424. The van der Waals surface area contributed by atoms with Crippen LogP contribution >= 0.6 is 0 Å². The lowest BCUT2D eigenvalue weighted by molar-refractivity contribution is -0.00416. The Labute approximate surface area is 233 Å². The quantitative estimate of drug-likeness (QED) is 0.314. The van der Waals surface area contributed by atoms with Crippen molar-refractivity contribution < 1.29 is 9.47 Å². The van der Waals surface area contributed by atoms with Gasteiger partial charge in [-0.3, -0.25) is 9.88 Å². The van der Waals surface area contributed by atoms with Gasteiger partial charge in [0.05, 0.1) is 12.7 Å². The number of hydrogen-bond donors (Lipinski definition) is 0. The van der Waals surface area contributed by atoms with Crippen LogP contribution in [-0.2, 0) is 17.9 Å². The zero-order valence-corrected chi connectivity index (χ0v) is 23.5. The third-order valence-electron chi connectivity index (χ3n) is 7.89. The number of likely N-dealkylation sites (tertiary alicyclic amines) is 1. The van der Waals surface area contributed by atoms with E-state index in [1.165, 1.54) is 22.4 Å². The molecule has 1 fully saturated rings. The van der Waals surface area contributed by atoms with E-state index in [2.05, 4.69) is 94.3 Å². The van der Waals surface area contributed by atoms with Gasteiger partial charge in [-0.25, -0.2) is 0 Å². The lowest BCUT2D eigenvalue weighted by Crippen LogP contribution is -2.42. The number of aryl methyl sites for hydroxylation is 1. The minimum Gasteiger partial charge on any atom is -0.492 e. The second-order valence-corrected chi connectivity index (χ2v) is 10.8. The molecule has 0 radical (unpaired) electrons. The highest BCUT2D eigenvalue weighted by atomic mass is 16.5. The van der Waals surface area contributed by atoms with Gasteiger partial charge in [-0.2, -0.15) is 0 Å². The molecule has 0 saturated carbocycles. The zero-order chi connectivity index (χ0) is 26.9. The van der Waals surface area contributed by atoms with Gasteiger partial charge in [0.15, 0.2) is 0 Å². The van der Waals surface area contributed by atoms with Gasteiger partial charge in [0.25, 0.3) is 0 Å². The summed E-state index contributed by atoms with van der Waals surface area (Å²) in [6.07, 6.45) is 10.6. The normalized spacial score (nSPS) is 16.0. The van der Waals surface area contributed by atoms with E-state index >= 15 is 0 Å². The molecule has 0 atom stereocenters. The molecule has 0 aliphatic carbocycles. The van der Waals surface area contributed by atoms with Gasteiger partial charge in [-0.05, 0) is 60.7 Å². The molecule has 39 heavy (non-hydrogen) atoms. The maximum atomic E-state index is 6.25. The molecule has 1 saturated heterocycles. The topological polar surface area (TPSA) is 41.1 Å². The van der Waals surface area contributed by atoms with Crippen LogP contribution in [0.2, 0.25) is 0 Å². The van der Waals surface area contributed by atoms with E-state index in [1.54, 1.807) is 6.20 Å². The minimum atomic E-state index is 0.337. The number of fused-ring (bicyclic) bond motifs is 1. The molecular formula is C33H42N4O2. The third kappa shape index (κ3) is 7.91. The molecule has 2 aromatic carbocycles. The molecule has 3 aromatic rings. The molecule has 0 N–H and O–H groups in total. The maximum Gasteiger partial charge on any atom is 0.120 e. The van der Waals surface area contributed by atoms with E-state index in [1.807, 2.05) is 12.3 Å². The Morgan fingerprint density at radius 2 is 1.90 bits per heavy atom. The molecular weight excluding hydrogens is 484 g/mol. The molecule has 206 valence electrons. The van der Waals surface area contributed by atoms with Crippen molar-refractivity contribution in [1.82, 2.24) is 14.8 Å². The fourth-order valence-corrected chi connectivity index (χ4v) is 5.41. The van der Waals surface area contributed by atoms with Crippen LogP contribution in [0.1, 0.15) is 35.1 Å². The average Bonchev–Trinajstić information content (AvgIpc) is 2.97. The van der Waals surface area contributed by atoms with Crippen molar-refractivity contribution in [1.29, 1.82) is 0 Å². The number of hydrogen-bond acceptors (Lipinski definition) is 6. The smallest absolute Gasteiger partial charge is 0.120 e. The molecule has 5 rings (SSSR count). The number of anilines is 1. The van der Waals surface area contributed by atoms with Crippen molar-refractivity contribution in [2.45, 2.75) is 39.0 Å². The number of pyridine rings is 1. The van der Waals surface area contributed by atoms with Crippen LogP contribution in [0.4, 0.5) is 5.69 Å². The number of benzene rings is 2. The molecule has 1 aromatic heterocycles. The molecule has 3 heterocycles. The van der Waals surface area contributed by atoms with Crippen LogP contribution in [0.25, 0.3) is 6.08 Å². The van der Waals surface area contributed by atoms with Gasteiger partial charge < -0.3 is 19.3 Å². The highest BCUT2D eigenvalue weighted by Crippen LogP contribution is 2.28. The largest absolute Gasteiger partial charge is 0.492 e. The summed E-state index contributed by atoms with van der Waals surface area (Å²) in [5.74, 6) is 0.942. The maximum absolute atomic E-state index is 6.25. The van der Waals surface area contributed by atoms with Crippen molar-refractivity contribution in [2.75, 3.05) is 57.8 Å². The Bertz CT molecular complexity index is 1210. The van der Waals surface area contributed by atoms with Gasteiger partial charge in [-0.1, -0.05) is 42.5 Å². The molecule has 6 nitrogen and oxygen atoms in total. The molecule has 2 aliphatic rings. The fourth-order valence-electron chi connectivity index (χ4n) is 5.41. The summed E-state index contributed by atoms with van der Waals surface area (Å²) < 4.78 is 12.4. The Morgan fingerprint density at radius 3 is 2.72 bits per heavy atom. The number of piperidine rings is 1. The Hall–Kier alpha value is -3.19. The zero-order valence-electron chi connectivity index (χ0n) is 23.5. The third-order valence-corrected chi connectivity index (χ3v) is 7.89. The highest BCUT2D eigenvalue weighted by Gasteiger charge is 2.20. The van der Waals surface area contributed by atoms with Crippen molar-refractivity contribution in [3.63, 3.8) is 0 Å². The number of ether oxygens (including phenoxy) is 2. The number of nitrogens with zero attached hydrogens (tertiary/aromatic N) is 4. The van der Waals surface area contributed by atoms with Crippen LogP contribution in [0.15, 0.2) is 73.1 Å². The standard InChI is InChI=1S/C33H42N4O2/c1-27-7-3-4-9-30(27)25-37(21-22-38-32-11-12-33-29(23-32)10-6-16-35(33)2)20-19-36-17-13-31(14-18-36)39-26-28-8-5-15-34-24-28/h3-12,15,23-24,31H,13-14,16-22,25-26H2,1-2H3. The summed E-state index contributed by atoms with van der Waals surface area (Å²) in [4.78, 5) is 11.6. The molecule has 6 heteroatoms. The van der Waals surface area contributed by atoms with Crippen LogP contribution in [0.3, 0.4) is 0 Å². The lowest BCUT2D eigenvalue weighted by Gasteiger charge is -2.33. The van der Waals surface area contributed by atoms with Gasteiger partial charge >= 0.3 is 0 Å². The van der Waals surface area contributed by atoms with Crippen LogP contribution < -0.4 is 9.64 Å². The summed E-state index contributed by atoms with van der Waals surface area (Å²) in [5, 5.41) is 0. The summed E-state index contributed by atoms with van der Waals surface area (Å²) >= 11 is 0. The summed E-state index contributed by atoms with van der Waals surface area (Å²) in [7, 11) is 2.13. The van der Waals surface area contributed by atoms with Crippen LogP contribution in [-0.4, -0.2) is 73.8 Å². The van der Waals surface area contributed by atoms with E-state index in [-0.39, 0.29) is 0 Å². The molecule has 0 spiro atoms. The summed E-state index contributed by atoms with van der Waals surface area (Å²) in [6.45, 7) is 10.6. The second kappa shape index (κ2) is 13.7. The van der Waals surface area contributed by atoms with Crippen molar-refractivity contribution in [2.24, 2.45) is 0 Å². The predicted octanol–water partition coefficient (Wildman–Crippen LogP) is 5.42. The molecule has 0 amide bonds. The van der Waals surface area contributed by atoms with E-state index in [0.717, 1.165) is 70.0 Å². The lowest BCUT2D eigenvalue weighted by atomic mass is 10.1. The van der Waals surface area contributed by atoms with Crippen LogP contribution in [0.5, 0.6) is 5.75 Å². The number of aromatic nitrogens is 1. The number of likely N-dealkylation sites (N-methyl/N-ethyl adjacent to an activating group) is 1. The van der Waals surface area contributed by atoms with Gasteiger partial charge in [-0.15, -0.1) is 0 Å². The minimum absolute atomic E-state index is 0.337. The first kappa shape index (κ1) is 27.4. The Kier molecular flexibility index (Phi) is 9.65. The first-order valence-electron chi connectivity index (χ1n) is 14.3. The summed E-state index contributed by atoms with van der Waals surface area (Å²) in [5.41, 5.74) is 6.37. The first-order valence-corrected chi connectivity index (χ1v) is 14.3. The average molecular weight is 527 g/mol. The Morgan fingerprint density at radius 1 is 1.03 bits per heavy atom. The van der Waals surface area contributed by atoms with Crippen molar-refractivity contribution >= 4 is 11.8 Å². The van der Waals surface area contributed by atoms with Gasteiger partial charge in [0.1, 0.15) is 12.4 Å². The van der Waals surface area contributed by atoms with E-state index < -0.39 is 0 Å². The second-order valence-electron chi connectivity index (χ2n) is 10.8. The number of rotatable bonds is 12. The monoisotopic (exact) mass is 526 g/mol. The van der Waals surface area contributed by atoms with Crippen molar-refractivity contribution in [3.05, 3.63) is 95.3 Å². The van der Waals surface area contributed by atoms with E-state index in [9.17, 15) is 0 Å². The highest BCUT2D eigenvalue weighted by molar-refractivity contribution is 5.72. The van der Waals surface area contributed by atoms with Gasteiger partial charge in [0, 0.05) is 76.5 Å². The van der Waals surface area contributed by atoms with E-state index in [4.69, 9.17) is 9.47 Å². The first-order chi connectivity index (χ1) is 19.1. The van der Waals surface area contributed by atoms with Gasteiger partial charge in [0.2, 0.25) is 0 Å². The van der Waals surface area contributed by atoms with Crippen LogP contribution in [0, 0.1) is 6.92 Å².